The lowest BCUT2D eigenvalue weighted by Gasteiger charge is -2.07. The molecule has 0 saturated carbocycles. The molecule has 0 aliphatic rings. The van der Waals surface area contributed by atoms with Gasteiger partial charge >= 0.3 is 0 Å². The zero-order chi connectivity index (χ0) is 14.5. The summed E-state index contributed by atoms with van der Waals surface area (Å²) >= 11 is 1.41. The number of nitrogens with one attached hydrogen (secondary N) is 1. The van der Waals surface area contributed by atoms with E-state index in [9.17, 15) is 0 Å². The van der Waals surface area contributed by atoms with E-state index >= 15 is 0 Å². The van der Waals surface area contributed by atoms with Gasteiger partial charge < -0.3 is 5.43 Å². The van der Waals surface area contributed by atoms with E-state index in [-0.39, 0.29) is 0 Å². The van der Waals surface area contributed by atoms with Crippen molar-refractivity contribution >= 4 is 17.6 Å². The summed E-state index contributed by atoms with van der Waals surface area (Å²) in [5.41, 5.74) is 3.49. The smallest absolute Gasteiger partial charge is 0.162 e. The van der Waals surface area contributed by atoms with Gasteiger partial charge in [0.1, 0.15) is 15.9 Å². The molecule has 0 saturated heterocycles. The fourth-order valence-corrected chi connectivity index (χ4v) is 2.46. The number of benzene rings is 1. The summed E-state index contributed by atoms with van der Waals surface area (Å²) in [7, 11) is 0. The van der Waals surface area contributed by atoms with E-state index in [1.807, 2.05) is 30.3 Å². The quantitative estimate of drug-likeness (QED) is 0.434. The molecule has 6 nitrogen and oxygen atoms in total. The zero-order valence-electron chi connectivity index (χ0n) is 11.0. The molecule has 0 bridgehead atoms. The van der Waals surface area contributed by atoms with E-state index in [0.717, 1.165) is 15.6 Å². The standard InChI is InChI=1S/C14H12N6S/c15-20-11-8-12(21-13-9-16-6-7-17-13)19-14(18-11)10-4-2-1-3-5-10/h1-9H,15H2,(H,18,19,20). The van der Waals surface area contributed by atoms with Gasteiger partial charge in [-0.2, -0.15) is 0 Å². The van der Waals surface area contributed by atoms with Crippen LogP contribution in [0.1, 0.15) is 0 Å². The zero-order valence-corrected chi connectivity index (χ0v) is 11.8. The van der Waals surface area contributed by atoms with Crippen molar-refractivity contribution in [2.75, 3.05) is 5.43 Å². The number of nitrogen functional groups attached to an aromatic ring is 1. The second kappa shape index (κ2) is 6.29. The van der Waals surface area contributed by atoms with E-state index in [1.54, 1.807) is 24.7 Å². The summed E-state index contributed by atoms with van der Waals surface area (Å²) in [6.45, 7) is 0. The lowest BCUT2D eigenvalue weighted by molar-refractivity contribution is 1.02. The Hall–Kier alpha value is -2.51. The van der Waals surface area contributed by atoms with Crippen molar-refractivity contribution in [3.05, 3.63) is 55.0 Å². The number of hydrazine groups is 1. The Morgan fingerprint density at radius 3 is 2.57 bits per heavy atom. The molecule has 0 spiro atoms. The van der Waals surface area contributed by atoms with Gasteiger partial charge in [0.15, 0.2) is 5.82 Å². The second-order valence-electron chi connectivity index (χ2n) is 4.07. The highest BCUT2D eigenvalue weighted by Gasteiger charge is 2.08. The molecular formula is C14H12N6S. The summed E-state index contributed by atoms with van der Waals surface area (Å²) in [4.78, 5) is 17.2. The molecule has 21 heavy (non-hydrogen) atoms. The van der Waals surface area contributed by atoms with Gasteiger partial charge in [0.25, 0.3) is 0 Å². The summed E-state index contributed by atoms with van der Waals surface area (Å²) in [6.07, 6.45) is 4.96. The van der Waals surface area contributed by atoms with E-state index < -0.39 is 0 Å². The SMILES string of the molecule is NNc1cc(Sc2cnccn2)nc(-c2ccccc2)n1. The molecule has 0 atom stereocenters. The molecular weight excluding hydrogens is 284 g/mol. The first-order valence-corrected chi connectivity index (χ1v) is 7.02. The van der Waals surface area contributed by atoms with Gasteiger partial charge in [-0.1, -0.05) is 30.3 Å². The molecule has 0 aliphatic carbocycles. The van der Waals surface area contributed by atoms with Crippen molar-refractivity contribution in [2.45, 2.75) is 10.1 Å². The fourth-order valence-electron chi connectivity index (χ4n) is 1.71. The van der Waals surface area contributed by atoms with E-state index in [2.05, 4.69) is 25.4 Å². The molecule has 7 heteroatoms. The Morgan fingerprint density at radius 1 is 1.00 bits per heavy atom. The first-order valence-electron chi connectivity index (χ1n) is 6.20. The monoisotopic (exact) mass is 296 g/mol. The third-order valence-corrected chi connectivity index (χ3v) is 3.47. The van der Waals surface area contributed by atoms with Crippen molar-refractivity contribution in [1.29, 1.82) is 0 Å². The lowest BCUT2D eigenvalue weighted by Crippen LogP contribution is -2.09. The summed E-state index contributed by atoms with van der Waals surface area (Å²) < 4.78 is 0. The number of rotatable bonds is 4. The molecule has 3 N–H and O–H groups in total. The minimum atomic E-state index is 0.551. The normalized spacial score (nSPS) is 10.3. The molecule has 0 amide bonds. The Bertz CT molecular complexity index is 720. The molecule has 3 aromatic rings. The maximum atomic E-state index is 5.48. The van der Waals surface area contributed by atoms with Gasteiger partial charge in [0.05, 0.1) is 6.20 Å². The highest BCUT2D eigenvalue weighted by Crippen LogP contribution is 2.27. The van der Waals surface area contributed by atoms with Crippen LogP contribution in [0.3, 0.4) is 0 Å². The van der Waals surface area contributed by atoms with Crippen molar-refractivity contribution in [2.24, 2.45) is 5.84 Å². The number of hydrogen-bond acceptors (Lipinski definition) is 7. The number of anilines is 1. The first kappa shape index (κ1) is 13.5. The van der Waals surface area contributed by atoms with Crippen LogP contribution in [0.15, 0.2) is 65.0 Å². The van der Waals surface area contributed by atoms with Crippen LogP contribution in [-0.4, -0.2) is 19.9 Å². The van der Waals surface area contributed by atoms with Gasteiger partial charge in [-0.15, -0.1) is 0 Å². The topological polar surface area (TPSA) is 89.6 Å². The molecule has 0 aliphatic heterocycles. The van der Waals surface area contributed by atoms with Crippen LogP contribution in [0, 0.1) is 0 Å². The summed E-state index contributed by atoms with van der Waals surface area (Å²) in [5.74, 6) is 6.64. The maximum absolute atomic E-state index is 5.48. The van der Waals surface area contributed by atoms with Crippen LogP contribution in [0.4, 0.5) is 5.82 Å². The van der Waals surface area contributed by atoms with Gasteiger partial charge in [0.2, 0.25) is 0 Å². The van der Waals surface area contributed by atoms with Crippen molar-refractivity contribution in [1.82, 2.24) is 19.9 Å². The van der Waals surface area contributed by atoms with Gasteiger partial charge in [-0.3, -0.25) is 4.98 Å². The molecule has 1 aromatic carbocycles. The van der Waals surface area contributed by atoms with Gasteiger partial charge in [-0.25, -0.2) is 20.8 Å². The van der Waals surface area contributed by atoms with Crippen LogP contribution in [0.2, 0.25) is 0 Å². The Labute approximate surface area is 125 Å². The third kappa shape index (κ3) is 3.33. The van der Waals surface area contributed by atoms with Crippen LogP contribution in [-0.2, 0) is 0 Å². The van der Waals surface area contributed by atoms with Gasteiger partial charge in [-0.05, 0) is 11.8 Å². The maximum Gasteiger partial charge on any atom is 0.162 e. The minimum Gasteiger partial charge on any atom is -0.308 e. The molecule has 3 rings (SSSR count). The van der Waals surface area contributed by atoms with Crippen LogP contribution in [0.5, 0.6) is 0 Å². The van der Waals surface area contributed by atoms with E-state index in [4.69, 9.17) is 5.84 Å². The average Bonchev–Trinajstić information content (AvgIpc) is 2.56. The van der Waals surface area contributed by atoms with Crippen LogP contribution >= 0.6 is 11.8 Å². The molecule has 104 valence electrons. The highest BCUT2D eigenvalue weighted by atomic mass is 32.2. The largest absolute Gasteiger partial charge is 0.308 e. The van der Waals surface area contributed by atoms with E-state index in [1.165, 1.54) is 11.8 Å². The highest BCUT2D eigenvalue weighted by molar-refractivity contribution is 7.99. The summed E-state index contributed by atoms with van der Waals surface area (Å²) in [5, 5.41) is 1.51. The van der Waals surface area contributed by atoms with Crippen molar-refractivity contribution in [3.63, 3.8) is 0 Å². The number of nitrogens with two attached hydrogens (primary N) is 1. The summed E-state index contributed by atoms with van der Waals surface area (Å²) in [6, 6.07) is 11.5. The van der Waals surface area contributed by atoms with Crippen LogP contribution in [0.25, 0.3) is 11.4 Å². The molecule has 2 aromatic heterocycles. The van der Waals surface area contributed by atoms with Crippen molar-refractivity contribution < 1.29 is 0 Å². The molecule has 0 fully saturated rings. The second-order valence-corrected chi connectivity index (χ2v) is 5.11. The Balaban J connectivity index is 1.98. The van der Waals surface area contributed by atoms with Crippen LogP contribution < -0.4 is 11.3 Å². The Morgan fingerprint density at radius 2 is 1.86 bits per heavy atom. The number of aromatic nitrogens is 4. The number of hydrogen-bond donors (Lipinski definition) is 2. The molecule has 2 heterocycles. The first-order chi connectivity index (χ1) is 10.3. The molecule has 0 unspecified atom stereocenters. The lowest BCUT2D eigenvalue weighted by atomic mass is 10.2. The van der Waals surface area contributed by atoms with Gasteiger partial charge in [0, 0.05) is 24.0 Å². The molecule has 0 radical (unpaired) electrons. The third-order valence-electron chi connectivity index (χ3n) is 2.63. The predicted octanol–water partition coefficient (Wildman–Crippen LogP) is 2.37. The van der Waals surface area contributed by atoms with Crippen molar-refractivity contribution in [3.8, 4) is 11.4 Å². The van der Waals surface area contributed by atoms with E-state index in [0.29, 0.717) is 11.6 Å². The predicted molar refractivity (Wildman–Crippen MR) is 81.4 cm³/mol. The Kier molecular flexibility index (Phi) is 4.04. The average molecular weight is 296 g/mol. The fraction of sp³-hybridized carbons (Fsp3) is 0. The minimum absolute atomic E-state index is 0.551. The number of nitrogens with zero attached hydrogens (tertiary/aromatic N) is 4.